The zero-order valence-electron chi connectivity index (χ0n) is 6.90. The average molecular weight is 156 g/mol. The molecule has 5 nitrogen and oxygen atoms in total. The van der Waals surface area contributed by atoms with Crippen LogP contribution in [0.1, 0.15) is 13.8 Å². The Bertz CT molecular complexity index is 232. The van der Waals surface area contributed by atoms with Gasteiger partial charge in [-0.25, -0.2) is 0 Å². The van der Waals surface area contributed by atoms with Crippen LogP contribution in [0.3, 0.4) is 0 Å². The third-order valence-electron chi connectivity index (χ3n) is 1.51. The van der Waals surface area contributed by atoms with Gasteiger partial charge in [0.1, 0.15) is 0 Å². The van der Waals surface area contributed by atoms with E-state index in [1.165, 1.54) is 0 Å². The summed E-state index contributed by atoms with van der Waals surface area (Å²) in [6.07, 6.45) is 0. The summed E-state index contributed by atoms with van der Waals surface area (Å²) < 4.78 is 4.99. The summed E-state index contributed by atoms with van der Waals surface area (Å²) >= 11 is 0. The van der Waals surface area contributed by atoms with Crippen LogP contribution in [0.4, 0.5) is 12.0 Å². The van der Waals surface area contributed by atoms with Crippen LogP contribution in [0.2, 0.25) is 0 Å². The van der Waals surface area contributed by atoms with E-state index in [2.05, 4.69) is 10.2 Å². The van der Waals surface area contributed by atoms with Gasteiger partial charge in [0.05, 0.1) is 0 Å². The van der Waals surface area contributed by atoms with Crippen LogP contribution in [-0.4, -0.2) is 23.3 Å². The highest BCUT2D eigenvalue weighted by molar-refractivity contribution is 5.27. The second-order valence-corrected chi connectivity index (χ2v) is 2.63. The van der Waals surface area contributed by atoms with Gasteiger partial charge in [-0.3, -0.25) is 0 Å². The molecule has 0 unspecified atom stereocenters. The maximum absolute atomic E-state index is 5.25. The van der Waals surface area contributed by atoms with Gasteiger partial charge < -0.3 is 15.1 Å². The van der Waals surface area contributed by atoms with Crippen molar-refractivity contribution in [1.82, 2.24) is 10.2 Å². The normalized spacial score (nSPS) is 10.5. The molecule has 5 heteroatoms. The Morgan fingerprint density at radius 3 is 2.45 bits per heavy atom. The number of nitrogens with zero attached hydrogens (tertiary/aromatic N) is 3. The smallest absolute Gasteiger partial charge is 0.319 e. The largest absolute Gasteiger partial charge is 0.390 e. The number of aromatic nitrogens is 2. The number of anilines is 2. The van der Waals surface area contributed by atoms with Crippen molar-refractivity contribution < 1.29 is 4.42 Å². The minimum Gasteiger partial charge on any atom is -0.390 e. The minimum absolute atomic E-state index is 0.104. The van der Waals surface area contributed by atoms with Gasteiger partial charge in [-0.2, -0.15) is 0 Å². The Morgan fingerprint density at radius 2 is 2.09 bits per heavy atom. The summed E-state index contributed by atoms with van der Waals surface area (Å²) in [6.45, 7) is 4.06. The molecule has 11 heavy (non-hydrogen) atoms. The molecule has 2 N–H and O–H groups in total. The standard InChI is InChI=1S/C6H12N4O/c1-4(2)10(3)6-9-8-5(7)11-6/h4H,1-3H3,(H2,7,8). The third-order valence-corrected chi connectivity index (χ3v) is 1.51. The maximum Gasteiger partial charge on any atom is 0.319 e. The van der Waals surface area contributed by atoms with Crippen molar-refractivity contribution in [2.75, 3.05) is 17.7 Å². The monoisotopic (exact) mass is 156 g/mol. The van der Waals surface area contributed by atoms with Gasteiger partial charge in [-0.1, -0.05) is 10.2 Å². The molecule has 62 valence electrons. The third kappa shape index (κ3) is 1.60. The second kappa shape index (κ2) is 2.77. The van der Waals surface area contributed by atoms with E-state index in [1.807, 2.05) is 25.8 Å². The molecule has 0 amide bonds. The molecule has 1 aromatic heterocycles. The van der Waals surface area contributed by atoms with E-state index < -0.39 is 0 Å². The number of rotatable bonds is 2. The Balaban J connectivity index is 2.76. The molecule has 1 heterocycles. The molecule has 0 aromatic carbocycles. The lowest BCUT2D eigenvalue weighted by Crippen LogP contribution is -2.25. The van der Waals surface area contributed by atoms with Crippen molar-refractivity contribution in [1.29, 1.82) is 0 Å². The van der Waals surface area contributed by atoms with Crippen molar-refractivity contribution in [3.05, 3.63) is 0 Å². The Hall–Kier alpha value is -1.26. The van der Waals surface area contributed by atoms with Crippen LogP contribution in [-0.2, 0) is 0 Å². The van der Waals surface area contributed by atoms with Gasteiger partial charge in [-0.15, -0.1) is 0 Å². The molecule has 0 aliphatic rings. The van der Waals surface area contributed by atoms with Gasteiger partial charge >= 0.3 is 12.0 Å². The summed E-state index contributed by atoms with van der Waals surface area (Å²) in [7, 11) is 1.87. The van der Waals surface area contributed by atoms with E-state index in [-0.39, 0.29) is 6.01 Å². The highest BCUT2D eigenvalue weighted by Gasteiger charge is 2.10. The molecule has 0 fully saturated rings. The van der Waals surface area contributed by atoms with Crippen molar-refractivity contribution >= 4 is 12.0 Å². The van der Waals surface area contributed by atoms with Gasteiger partial charge in [0.25, 0.3) is 0 Å². The molecule has 0 saturated carbocycles. The van der Waals surface area contributed by atoms with E-state index in [0.717, 1.165) is 0 Å². The number of nitrogens with two attached hydrogens (primary N) is 1. The minimum atomic E-state index is 0.104. The van der Waals surface area contributed by atoms with Gasteiger partial charge in [0, 0.05) is 13.1 Å². The van der Waals surface area contributed by atoms with Gasteiger partial charge in [0.2, 0.25) is 0 Å². The lowest BCUT2D eigenvalue weighted by atomic mass is 10.4. The SMILES string of the molecule is CC(C)N(C)c1nnc(N)o1. The van der Waals surface area contributed by atoms with E-state index in [9.17, 15) is 0 Å². The highest BCUT2D eigenvalue weighted by atomic mass is 16.4. The van der Waals surface area contributed by atoms with Gasteiger partial charge in [0.15, 0.2) is 0 Å². The van der Waals surface area contributed by atoms with Crippen molar-refractivity contribution in [3.8, 4) is 0 Å². The Kier molecular flexibility index (Phi) is 1.98. The molecular weight excluding hydrogens is 144 g/mol. The van der Waals surface area contributed by atoms with Crippen LogP contribution >= 0.6 is 0 Å². The molecule has 0 atom stereocenters. The summed E-state index contributed by atoms with van der Waals surface area (Å²) in [6, 6.07) is 0.889. The van der Waals surface area contributed by atoms with Crippen LogP contribution in [0.15, 0.2) is 4.42 Å². The second-order valence-electron chi connectivity index (χ2n) is 2.63. The van der Waals surface area contributed by atoms with Crippen LogP contribution in [0.5, 0.6) is 0 Å². The summed E-state index contributed by atoms with van der Waals surface area (Å²) in [5.41, 5.74) is 5.25. The lowest BCUT2D eigenvalue weighted by Gasteiger charge is -2.17. The molecule has 0 radical (unpaired) electrons. The molecule has 1 aromatic rings. The number of hydrogen-bond acceptors (Lipinski definition) is 5. The highest BCUT2D eigenvalue weighted by Crippen LogP contribution is 2.13. The topological polar surface area (TPSA) is 68.2 Å². The maximum atomic E-state index is 5.25. The predicted octanol–water partition coefficient (Wildman–Crippen LogP) is 0.496. The fourth-order valence-corrected chi connectivity index (χ4v) is 0.590. The average Bonchev–Trinajstić information content (AvgIpc) is 2.34. The first kappa shape index (κ1) is 7.84. The van der Waals surface area contributed by atoms with Crippen LogP contribution in [0.25, 0.3) is 0 Å². The molecule has 0 bridgehead atoms. The summed E-state index contributed by atoms with van der Waals surface area (Å²) in [5, 5.41) is 7.26. The first-order valence-corrected chi connectivity index (χ1v) is 3.43. The molecule has 0 spiro atoms. The van der Waals surface area contributed by atoms with Gasteiger partial charge in [-0.05, 0) is 13.8 Å². The Morgan fingerprint density at radius 1 is 1.45 bits per heavy atom. The lowest BCUT2D eigenvalue weighted by molar-refractivity contribution is 0.543. The van der Waals surface area contributed by atoms with Crippen molar-refractivity contribution in [3.63, 3.8) is 0 Å². The fraction of sp³-hybridized carbons (Fsp3) is 0.667. The summed E-state index contributed by atoms with van der Waals surface area (Å²) in [4.78, 5) is 1.85. The molecule has 1 rings (SSSR count). The zero-order valence-corrected chi connectivity index (χ0v) is 6.90. The predicted molar refractivity (Wildman–Crippen MR) is 42.2 cm³/mol. The van der Waals surface area contributed by atoms with Crippen molar-refractivity contribution in [2.45, 2.75) is 19.9 Å². The first-order valence-electron chi connectivity index (χ1n) is 3.43. The van der Waals surface area contributed by atoms with E-state index in [4.69, 9.17) is 10.2 Å². The summed E-state index contributed by atoms with van der Waals surface area (Å²) in [5.74, 6) is 0. The fourth-order valence-electron chi connectivity index (χ4n) is 0.590. The first-order chi connectivity index (χ1) is 5.11. The van der Waals surface area contributed by atoms with Crippen LogP contribution in [0, 0.1) is 0 Å². The number of nitrogen functional groups attached to an aromatic ring is 1. The van der Waals surface area contributed by atoms with Crippen molar-refractivity contribution in [2.24, 2.45) is 0 Å². The quantitative estimate of drug-likeness (QED) is 0.675. The van der Waals surface area contributed by atoms with E-state index in [1.54, 1.807) is 0 Å². The Labute approximate surface area is 65.2 Å². The van der Waals surface area contributed by atoms with E-state index in [0.29, 0.717) is 12.1 Å². The molecular formula is C6H12N4O. The molecule has 0 aliphatic carbocycles. The molecule has 0 aliphatic heterocycles. The van der Waals surface area contributed by atoms with E-state index >= 15 is 0 Å². The molecule has 0 saturated heterocycles. The number of hydrogen-bond donors (Lipinski definition) is 1. The zero-order chi connectivity index (χ0) is 8.43. The van der Waals surface area contributed by atoms with Crippen LogP contribution < -0.4 is 10.6 Å².